The largest absolute Gasteiger partial charge is 0.383 e. The zero-order valence-corrected chi connectivity index (χ0v) is 12.4. The molecule has 1 atom stereocenters. The molecule has 2 rings (SSSR count). The van der Waals surface area contributed by atoms with Crippen LogP contribution in [0.4, 0.5) is 4.39 Å². The fourth-order valence-corrected chi connectivity index (χ4v) is 3.17. The summed E-state index contributed by atoms with van der Waals surface area (Å²) in [7, 11) is 1.72. The summed E-state index contributed by atoms with van der Waals surface area (Å²) in [6.45, 7) is 2.56. The molecule has 1 aromatic rings. The van der Waals surface area contributed by atoms with Gasteiger partial charge in [0.05, 0.1) is 6.61 Å². The molecule has 0 amide bonds. The van der Waals surface area contributed by atoms with Gasteiger partial charge in [0.25, 0.3) is 0 Å². The lowest BCUT2D eigenvalue weighted by Gasteiger charge is -2.21. The van der Waals surface area contributed by atoms with E-state index in [-0.39, 0.29) is 5.82 Å². The van der Waals surface area contributed by atoms with Gasteiger partial charge in [0, 0.05) is 20.2 Å². The van der Waals surface area contributed by atoms with Crippen molar-refractivity contribution >= 4 is 0 Å². The van der Waals surface area contributed by atoms with Gasteiger partial charge in [0.15, 0.2) is 0 Å². The highest BCUT2D eigenvalue weighted by Crippen LogP contribution is 2.33. The predicted octanol–water partition coefficient (Wildman–Crippen LogP) is 3.73. The van der Waals surface area contributed by atoms with E-state index in [1.54, 1.807) is 19.2 Å². The van der Waals surface area contributed by atoms with Crippen molar-refractivity contribution in [3.8, 4) is 0 Å². The number of benzene rings is 1. The molecule has 0 heterocycles. The lowest BCUT2D eigenvalue weighted by atomic mass is 9.88. The van der Waals surface area contributed by atoms with Crippen LogP contribution < -0.4 is 5.32 Å². The second-order valence-electron chi connectivity index (χ2n) is 5.83. The van der Waals surface area contributed by atoms with E-state index in [2.05, 4.69) is 5.32 Å². The molecular formula is C17H26FNO. The molecule has 0 bridgehead atoms. The zero-order chi connectivity index (χ0) is 14.2. The van der Waals surface area contributed by atoms with Crippen molar-refractivity contribution in [1.82, 2.24) is 5.32 Å². The summed E-state index contributed by atoms with van der Waals surface area (Å²) in [6.07, 6.45) is 6.67. The van der Waals surface area contributed by atoms with Crippen LogP contribution >= 0.6 is 0 Å². The second kappa shape index (κ2) is 8.38. The second-order valence-corrected chi connectivity index (χ2v) is 5.83. The number of hydrogen-bond donors (Lipinski definition) is 1. The first-order chi connectivity index (χ1) is 9.79. The van der Waals surface area contributed by atoms with Crippen LogP contribution in [0.1, 0.15) is 43.6 Å². The average Bonchev–Trinajstić information content (AvgIpc) is 2.96. The first kappa shape index (κ1) is 15.5. The number of nitrogens with one attached hydrogen (secondary N) is 1. The smallest absolute Gasteiger partial charge is 0.123 e. The van der Waals surface area contributed by atoms with Crippen LogP contribution in [0.2, 0.25) is 0 Å². The van der Waals surface area contributed by atoms with Crippen molar-refractivity contribution in [2.75, 3.05) is 26.8 Å². The minimum absolute atomic E-state index is 0.152. The standard InChI is InChI=1S/C17H26FNO/c1-20-11-10-19-13-16(12-14-4-2-3-5-14)15-6-8-17(18)9-7-15/h6-9,14,16,19H,2-5,10-13H2,1H3. The lowest BCUT2D eigenvalue weighted by molar-refractivity contribution is 0.198. The van der Waals surface area contributed by atoms with Gasteiger partial charge in [-0.25, -0.2) is 4.39 Å². The van der Waals surface area contributed by atoms with Gasteiger partial charge < -0.3 is 10.1 Å². The Morgan fingerprint density at radius 1 is 1.25 bits per heavy atom. The van der Waals surface area contributed by atoms with Crippen LogP contribution in [-0.2, 0) is 4.74 Å². The number of methoxy groups -OCH3 is 1. The van der Waals surface area contributed by atoms with Crippen LogP contribution in [-0.4, -0.2) is 26.8 Å². The maximum atomic E-state index is 13.1. The predicted molar refractivity (Wildman–Crippen MR) is 80.5 cm³/mol. The highest BCUT2D eigenvalue weighted by molar-refractivity contribution is 5.21. The molecule has 0 aromatic heterocycles. The molecule has 0 saturated heterocycles. The summed E-state index contributed by atoms with van der Waals surface area (Å²) in [6, 6.07) is 7.03. The summed E-state index contributed by atoms with van der Waals surface area (Å²) in [5, 5.41) is 3.45. The quantitative estimate of drug-likeness (QED) is 0.732. The molecule has 1 saturated carbocycles. The van der Waals surface area contributed by atoms with Crippen LogP contribution in [0.3, 0.4) is 0 Å². The Bertz CT molecular complexity index is 373. The van der Waals surface area contributed by atoms with Crippen molar-refractivity contribution in [2.24, 2.45) is 5.92 Å². The first-order valence-electron chi connectivity index (χ1n) is 7.74. The van der Waals surface area contributed by atoms with Gasteiger partial charge in [-0.3, -0.25) is 0 Å². The Morgan fingerprint density at radius 2 is 1.95 bits per heavy atom. The molecule has 112 valence electrons. The highest BCUT2D eigenvalue weighted by Gasteiger charge is 2.21. The monoisotopic (exact) mass is 279 g/mol. The zero-order valence-electron chi connectivity index (χ0n) is 12.4. The van der Waals surface area contributed by atoms with Gasteiger partial charge in [0.2, 0.25) is 0 Å². The van der Waals surface area contributed by atoms with E-state index in [1.807, 2.05) is 12.1 Å². The van der Waals surface area contributed by atoms with Crippen molar-refractivity contribution in [2.45, 2.75) is 38.0 Å². The molecular weight excluding hydrogens is 253 g/mol. The third-order valence-electron chi connectivity index (χ3n) is 4.31. The normalized spacial score (nSPS) is 17.5. The average molecular weight is 279 g/mol. The van der Waals surface area contributed by atoms with Crippen LogP contribution in [0, 0.1) is 11.7 Å². The third kappa shape index (κ3) is 4.88. The third-order valence-corrected chi connectivity index (χ3v) is 4.31. The highest BCUT2D eigenvalue weighted by atomic mass is 19.1. The van der Waals surface area contributed by atoms with Crippen LogP contribution in [0.15, 0.2) is 24.3 Å². The van der Waals surface area contributed by atoms with E-state index < -0.39 is 0 Å². The topological polar surface area (TPSA) is 21.3 Å². The van der Waals surface area contributed by atoms with Crippen molar-refractivity contribution in [3.05, 3.63) is 35.6 Å². The van der Waals surface area contributed by atoms with Crippen LogP contribution in [0.25, 0.3) is 0 Å². The fraction of sp³-hybridized carbons (Fsp3) is 0.647. The molecule has 0 aliphatic heterocycles. The van der Waals surface area contributed by atoms with E-state index in [9.17, 15) is 4.39 Å². The van der Waals surface area contributed by atoms with Gasteiger partial charge in [0.1, 0.15) is 5.82 Å². The van der Waals surface area contributed by atoms with Gasteiger partial charge in [-0.15, -0.1) is 0 Å². The summed E-state index contributed by atoms with van der Waals surface area (Å²) < 4.78 is 18.1. The molecule has 0 radical (unpaired) electrons. The van der Waals surface area contributed by atoms with E-state index in [0.717, 1.165) is 25.6 Å². The maximum absolute atomic E-state index is 13.1. The minimum atomic E-state index is -0.152. The Morgan fingerprint density at radius 3 is 2.60 bits per heavy atom. The number of hydrogen-bond acceptors (Lipinski definition) is 2. The number of halogens is 1. The molecule has 1 aliphatic rings. The van der Waals surface area contributed by atoms with Gasteiger partial charge in [-0.05, 0) is 36.0 Å². The number of ether oxygens (including phenoxy) is 1. The Hall–Kier alpha value is -0.930. The Balaban J connectivity index is 1.92. The molecule has 1 N–H and O–H groups in total. The van der Waals surface area contributed by atoms with Crippen molar-refractivity contribution in [1.29, 1.82) is 0 Å². The molecule has 1 fully saturated rings. The van der Waals surface area contributed by atoms with Gasteiger partial charge >= 0.3 is 0 Å². The SMILES string of the molecule is COCCNCC(CC1CCCC1)c1ccc(F)cc1. The first-order valence-corrected chi connectivity index (χ1v) is 7.74. The fourth-order valence-electron chi connectivity index (χ4n) is 3.17. The molecule has 0 spiro atoms. The van der Waals surface area contributed by atoms with Crippen LogP contribution in [0.5, 0.6) is 0 Å². The number of rotatable bonds is 8. The molecule has 3 heteroatoms. The Kier molecular flexibility index (Phi) is 6.48. The molecule has 20 heavy (non-hydrogen) atoms. The Labute approximate surface area is 121 Å². The van der Waals surface area contributed by atoms with Gasteiger partial charge in [-0.1, -0.05) is 37.8 Å². The van der Waals surface area contributed by atoms with Crippen molar-refractivity contribution in [3.63, 3.8) is 0 Å². The maximum Gasteiger partial charge on any atom is 0.123 e. The summed E-state index contributed by atoms with van der Waals surface area (Å²) in [5.74, 6) is 1.17. The minimum Gasteiger partial charge on any atom is -0.383 e. The lowest BCUT2D eigenvalue weighted by Crippen LogP contribution is -2.26. The molecule has 1 aliphatic carbocycles. The van der Waals surface area contributed by atoms with E-state index in [4.69, 9.17) is 4.74 Å². The molecule has 1 aromatic carbocycles. The molecule has 1 unspecified atom stereocenters. The van der Waals surface area contributed by atoms with E-state index >= 15 is 0 Å². The van der Waals surface area contributed by atoms with E-state index in [1.165, 1.54) is 37.7 Å². The summed E-state index contributed by atoms with van der Waals surface area (Å²) in [4.78, 5) is 0. The van der Waals surface area contributed by atoms with Crippen molar-refractivity contribution < 1.29 is 9.13 Å². The summed E-state index contributed by atoms with van der Waals surface area (Å²) >= 11 is 0. The molecule has 2 nitrogen and oxygen atoms in total. The van der Waals surface area contributed by atoms with E-state index in [0.29, 0.717) is 5.92 Å². The summed E-state index contributed by atoms with van der Waals surface area (Å²) in [5.41, 5.74) is 1.25. The van der Waals surface area contributed by atoms with Gasteiger partial charge in [-0.2, -0.15) is 0 Å².